The molecule has 0 bridgehead atoms. The van der Waals surface area contributed by atoms with Crippen molar-refractivity contribution in [3.63, 3.8) is 0 Å². The summed E-state index contributed by atoms with van der Waals surface area (Å²) in [6.45, 7) is 1.71. The Morgan fingerprint density at radius 3 is 2.42 bits per heavy atom. The summed E-state index contributed by atoms with van der Waals surface area (Å²) in [5, 5.41) is 12.8. The van der Waals surface area contributed by atoms with Crippen LogP contribution in [0.2, 0.25) is 0 Å². The number of hydrogen-bond donors (Lipinski definition) is 1. The summed E-state index contributed by atoms with van der Waals surface area (Å²) in [6, 6.07) is 15.8. The molecule has 0 spiro atoms. The number of nitriles is 1. The van der Waals surface area contributed by atoms with Crippen LogP contribution in [-0.2, 0) is 6.42 Å². The van der Waals surface area contributed by atoms with Crippen LogP contribution in [0, 0.1) is 23.2 Å². The van der Waals surface area contributed by atoms with Crippen LogP contribution < -0.4 is 5.32 Å². The molecule has 1 aromatic carbocycles. The second-order valence-corrected chi connectivity index (χ2v) is 9.08. The van der Waals surface area contributed by atoms with Crippen molar-refractivity contribution >= 4 is 11.9 Å². The largest absolute Gasteiger partial charge is 0.331 e. The molecule has 1 saturated heterocycles. The van der Waals surface area contributed by atoms with Gasteiger partial charge in [0.05, 0.1) is 6.54 Å². The highest BCUT2D eigenvalue weighted by Gasteiger charge is 2.50. The zero-order chi connectivity index (χ0) is 22.0. The Labute approximate surface area is 183 Å². The SMILES string of the molecule is CN(C)C(=O)N1CC2CC(Cc3ccccc3)(NCC(=O)n3cccc3C#N)CC2C1. The molecule has 1 N–H and O–H groups in total. The van der Waals surface area contributed by atoms with Gasteiger partial charge in [-0.2, -0.15) is 5.26 Å². The average molecular weight is 420 g/mol. The lowest BCUT2D eigenvalue weighted by atomic mass is 9.87. The molecule has 2 aliphatic rings. The van der Waals surface area contributed by atoms with Gasteiger partial charge in [0.2, 0.25) is 5.91 Å². The number of nitrogens with zero attached hydrogens (tertiary/aromatic N) is 4. The number of hydrogen-bond acceptors (Lipinski definition) is 4. The summed E-state index contributed by atoms with van der Waals surface area (Å²) in [7, 11) is 3.58. The van der Waals surface area contributed by atoms with Crippen molar-refractivity contribution in [1.82, 2.24) is 19.7 Å². The summed E-state index contributed by atoms with van der Waals surface area (Å²) in [5.41, 5.74) is 1.40. The van der Waals surface area contributed by atoms with Crippen LogP contribution in [0.25, 0.3) is 0 Å². The minimum absolute atomic E-state index is 0.0721. The maximum absolute atomic E-state index is 12.8. The van der Waals surface area contributed by atoms with Gasteiger partial charge < -0.3 is 15.1 Å². The molecule has 1 saturated carbocycles. The molecule has 2 atom stereocenters. The fourth-order valence-electron chi connectivity index (χ4n) is 5.30. The highest BCUT2D eigenvalue weighted by Crippen LogP contribution is 2.45. The third kappa shape index (κ3) is 4.35. The van der Waals surface area contributed by atoms with Gasteiger partial charge in [-0.25, -0.2) is 4.79 Å². The standard InChI is InChI=1S/C24H29N5O2/c1-27(2)23(31)28-16-19-12-24(13-20(19)17-28,11-18-7-4-3-5-8-18)26-15-22(30)29-10-6-9-21(29)14-25/h3-10,19-20,26H,11-13,15-17H2,1-2H3. The summed E-state index contributed by atoms with van der Waals surface area (Å²) >= 11 is 0. The van der Waals surface area contributed by atoms with Crippen LogP contribution >= 0.6 is 0 Å². The van der Waals surface area contributed by atoms with Crippen LogP contribution in [0.5, 0.6) is 0 Å². The second-order valence-electron chi connectivity index (χ2n) is 9.08. The summed E-state index contributed by atoms with van der Waals surface area (Å²) in [5.74, 6) is 0.725. The highest BCUT2D eigenvalue weighted by molar-refractivity contribution is 5.82. The van der Waals surface area contributed by atoms with Gasteiger partial charge in [-0.15, -0.1) is 0 Å². The van der Waals surface area contributed by atoms with E-state index in [9.17, 15) is 14.9 Å². The first-order valence-corrected chi connectivity index (χ1v) is 10.8. The summed E-state index contributed by atoms with van der Waals surface area (Å²) < 4.78 is 1.41. The van der Waals surface area contributed by atoms with Crippen molar-refractivity contribution in [2.24, 2.45) is 11.8 Å². The predicted octanol–water partition coefficient (Wildman–Crippen LogP) is 2.59. The van der Waals surface area contributed by atoms with E-state index < -0.39 is 0 Å². The molecule has 1 aliphatic heterocycles. The van der Waals surface area contributed by atoms with E-state index in [0.717, 1.165) is 32.4 Å². The molecule has 2 fully saturated rings. The van der Waals surface area contributed by atoms with Crippen LogP contribution in [-0.4, -0.2) is 65.6 Å². The van der Waals surface area contributed by atoms with E-state index >= 15 is 0 Å². The Morgan fingerprint density at radius 2 is 1.81 bits per heavy atom. The number of fused-ring (bicyclic) bond motifs is 1. The van der Waals surface area contributed by atoms with Crippen molar-refractivity contribution in [1.29, 1.82) is 5.26 Å². The second kappa shape index (κ2) is 8.56. The summed E-state index contributed by atoms with van der Waals surface area (Å²) in [4.78, 5) is 28.8. The maximum atomic E-state index is 12.8. The van der Waals surface area contributed by atoms with Crippen molar-refractivity contribution < 1.29 is 9.59 Å². The van der Waals surface area contributed by atoms with Gasteiger partial charge in [0, 0.05) is 38.9 Å². The van der Waals surface area contributed by atoms with Gasteiger partial charge in [0.1, 0.15) is 11.8 Å². The first-order valence-electron chi connectivity index (χ1n) is 10.8. The first-order chi connectivity index (χ1) is 14.9. The summed E-state index contributed by atoms with van der Waals surface area (Å²) in [6.07, 6.45) is 4.33. The average Bonchev–Trinajstić information content (AvgIpc) is 3.46. The van der Waals surface area contributed by atoms with Crippen LogP contribution in [0.3, 0.4) is 0 Å². The maximum Gasteiger partial charge on any atom is 0.319 e. The van der Waals surface area contributed by atoms with E-state index in [4.69, 9.17) is 0 Å². The van der Waals surface area contributed by atoms with Gasteiger partial charge in [-0.1, -0.05) is 30.3 Å². The van der Waals surface area contributed by atoms with Crippen molar-refractivity contribution in [2.45, 2.75) is 24.8 Å². The van der Waals surface area contributed by atoms with Crippen LogP contribution in [0.4, 0.5) is 4.79 Å². The molecule has 1 aliphatic carbocycles. The molecule has 2 amide bonds. The molecule has 1 aromatic heterocycles. The predicted molar refractivity (Wildman–Crippen MR) is 118 cm³/mol. The highest BCUT2D eigenvalue weighted by atomic mass is 16.2. The van der Waals surface area contributed by atoms with Gasteiger partial charge in [0.15, 0.2) is 0 Å². The smallest absolute Gasteiger partial charge is 0.319 e. The number of aromatic nitrogens is 1. The fraction of sp³-hybridized carbons (Fsp3) is 0.458. The van der Waals surface area contributed by atoms with E-state index in [1.54, 1.807) is 37.3 Å². The quantitative estimate of drug-likeness (QED) is 0.808. The Bertz CT molecular complexity index is 977. The topological polar surface area (TPSA) is 81.4 Å². The Kier molecular flexibility index (Phi) is 5.84. The molecular weight excluding hydrogens is 390 g/mol. The number of rotatable bonds is 5. The molecule has 2 heterocycles. The number of amides is 2. The lowest BCUT2D eigenvalue weighted by Gasteiger charge is -2.33. The third-order valence-corrected chi connectivity index (χ3v) is 6.67. The number of nitrogens with one attached hydrogen (secondary N) is 1. The molecule has 162 valence electrons. The van der Waals surface area contributed by atoms with Gasteiger partial charge in [0.25, 0.3) is 0 Å². The molecule has 2 aromatic rings. The zero-order valence-electron chi connectivity index (χ0n) is 18.1. The Morgan fingerprint density at radius 1 is 1.13 bits per heavy atom. The Hall–Kier alpha value is -3.11. The number of carbonyl (C=O) groups excluding carboxylic acids is 2. The fourth-order valence-corrected chi connectivity index (χ4v) is 5.30. The molecule has 7 heteroatoms. The van der Waals surface area contributed by atoms with Crippen molar-refractivity contribution in [3.05, 3.63) is 59.9 Å². The molecule has 0 radical (unpaired) electrons. The minimum Gasteiger partial charge on any atom is -0.331 e. The van der Waals surface area contributed by atoms with Gasteiger partial charge >= 0.3 is 6.03 Å². The number of urea groups is 1. The number of likely N-dealkylation sites (tertiary alicyclic amines) is 1. The molecule has 31 heavy (non-hydrogen) atoms. The number of benzene rings is 1. The lowest BCUT2D eigenvalue weighted by Crippen LogP contribution is -2.49. The van der Waals surface area contributed by atoms with E-state index in [1.165, 1.54) is 10.1 Å². The minimum atomic E-state index is -0.195. The third-order valence-electron chi connectivity index (χ3n) is 6.67. The normalized spacial score (nSPS) is 24.6. The van der Waals surface area contributed by atoms with E-state index in [0.29, 0.717) is 17.5 Å². The van der Waals surface area contributed by atoms with Crippen molar-refractivity contribution in [2.75, 3.05) is 33.7 Å². The molecular formula is C24H29N5O2. The first kappa shape index (κ1) is 21.1. The monoisotopic (exact) mass is 419 g/mol. The van der Waals surface area contributed by atoms with Gasteiger partial charge in [-0.05, 0) is 48.8 Å². The van der Waals surface area contributed by atoms with Gasteiger partial charge in [-0.3, -0.25) is 9.36 Å². The molecule has 4 rings (SSSR count). The number of carbonyl (C=O) groups is 2. The Balaban J connectivity index is 1.49. The van der Waals surface area contributed by atoms with E-state index in [-0.39, 0.29) is 24.0 Å². The van der Waals surface area contributed by atoms with E-state index in [2.05, 4.69) is 23.5 Å². The van der Waals surface area contributed by atoms with Crippen LogP contribution in [0.15, 0.2) is 48.7 Å². The molecule has 2 unspecified atom stereocenters. The van der Waals surface area contributed by atoms with Crippen molar-refractivity contribution in [3.8, 4) is 6.07 Å². The van der Waals surface area contributed by atoms with E-state index in [1.807, 2.05) is 23.1 Å². The molecule has 7 nitrogen and oxygen atoms in total. The van der Waals surface area contributed by atoms with Crippen LogP contribution in [0.1, 0.15) is 28.9 Å². The zero-order valence-corrected chi connectivity index (χ0v) is 18.1. The lowest BCUT2D eigenvalue weighted by molar-refractivity contribution is 0.0894.